The van der Waals surface area contributed by atoms with Crippen molar-refractivity contribution < 1.29 is 53.6 Å². The first kappa shape index (κ1) is 52.1. The number of aliphatic carboxylic acids is 2. The van der Waals surface area contributed by atoms with Crippen molar-refractivity contribution in [2.75, 3.05) is 18.9 Å². The molecule has 0 unspecified atom stereocenters. The quantitative estimate of drug-likeness (QED) is 0.0155. The first-order valence-electron chi connectivity index (χ1n) is 19.2. The second kappa shape index (κ2) is 32.2. The molecule has 0 saturated carbocycles. The van der Waals surface area contributed by atoms with Gasteiger partial charge in [-0.1, -0.05) is 110 Å². The van der Waals surface area contributed by atoms with E-state index in [2.05, 4.69) is 72.5 Å². The fraction of sp³-hybridized carbons (Fsp3) is 0.571. The highest BCUT2D eigenvalue weighted by molar-refractivity contribution is 8.77. The van der Waals surface area contributed by atoms with E-state index in [4.69, 9.17) is 14.9 Å². The van der Waals surface area contributed by atoms with Gasteiger partial charge in [-0.2, -0.15) is 0 Å². The normalized spacial score (nSPS) is 16.5. The molecule has 0 aliphatic carbocycles. The highest BCUT2D eigenvalue weighted by Crippen LogP contribution is 2.49. The van der Waals surface area contributed by atoms with Gasteiger partial charge in [0.05, 0.1) is 13.0 Å². The number of hydrogen-bond acceptors (Lipinski definition) is 11. The minimum Gasteiger partial charge on any atom is -0.481 e. The first-order valence-corrected chi connectivity index (χ1v) is 21.5. The lowest BCUT2D eigenvalue weighted by atomic mass is 9.87. The zero-order valence-corrected chi connectivity index (χ0v) is 35.1. The number of aliphatic hydroxyl groups is 1. The van der Waals surface area contributed by atoms with Gasteiger partial charge in [0.15, 0.2) is 0 Å². The molecule has 0 aromatic rings. The number of unbranched alkanes of at least 4 members (excludes halogenated alkanes) is 2. The SMILES string of the molecule is CC(C)(COC(=O)CCCC[C@]1(C)CCSS1)[C@@H](O)C(=O)NCCC(=O)O.CC/C=C\C/C=C\C/C=C\C/C=C\C/C=C\CCCC(=O)OC(=O)/C=C/C(=O)O. The summed E-state index contributed by atoms with van der Waals surface area (Å²) < 4.78 is 10.0. The average Bonchev–Trinajstić information content (AvgIpc) is 3.58. The Labute approximate surface area is 340 Å². The summed E-state index contributed by atoms with van der Waals surface area (Å²) in [6.45, 7) is 7.50. The van der Waals surface area contributed by atoms with Gasteiger partial charge in [-0.15, -0.1) is 0 Å². The van der Waals surface area contributed by atoms with E-state index in [0.717, 1.165) is 51.4 Å². The molecule has 1 rings (SSSR count). The number of esters is 3. The van der Waals surface area contributed by atoms with Crippen molar-refractivity contribution in [3.63, 3.8) is 0 Å². The minimum atomic E-state index is -1.39. The number of carbonyl (C=O) groups excluding carboxylic acids is 4. The number of carboxylic acid groups (broad SMARTS) is 2. The van der Waals surface area contributed by atoms with Gasteiger partial charge in [-0.3, -0.25) is 19.2 Å². The Morgan fingerprint density at radius 3 is 1.89 bits per heavy atom. The summed E-state index contributed by atoms with van der Waals surface area (Å²) in [5.74, 6) is -3.74. The molecule has 0 radical (unpaired) electrons. The Morgan fingerprint density at radius 1 is 0.786 bits per heavy atom. The molecule has 0 spiro atoms. The molecular weight excluding hydrogens is 759 g/mol. The van der Waals surface area contributed by atoms with Crippen LogP contribution in [0.2, 0.25) is 0 Å². The van der Waals surface area contributed by atoms with Crippen LogP contribution in [0.25, 0.3) is 0 Å². The molecule has 1 aliphatic rings. The maximum absolute atomic E-state index is 11.9. The number of hydrogen-bond donors (Lipinski definition) is 4. The Balaban J connectivity index is 0.00000108. The molecule has 0 aromatic carbocycles. The molecule has 1 aliphatic heterocycles. The zero-order valence-electron chi connectivity index (χ0n) is 33.5. The van der Waals surface area contributed by atoms with E-state index in [9.17, 15) is 33.9 Å². The standard InChI is InChI=1S/C24H32O5.C18H31NO6S2/c1-2-3-4-5-6-7-8-9-10-11-12-13-14-15-16-17-18-19-23(27)29-24(28)21-20-22(25)26;1-17(2,15(23)16(24)19-10-7-13(20)21)12-25-14(22)6-4-5-8-18(3)9-11-26-27-18/h3-4,6-7,9-10,12-13,15-16,20-21H,2,5,8,11,14,17-19H2,1H3,(H,25,26);15,23H,4-12H2,1-3H3,(H,19,24)(H,20,21)/b4-3-,7-6-,10-9-,13-12-,16-15-,21-20+;/t;15-,18+/m.0/s1. The molecule has 1 amide bonds. The van der Waals surface area contributed by atoms with Crippen molar-refractivity contribution in [2.24, 2.45) is 5.41 Å². The number of carboxylic acids is 2. The third kappa shape index (κ3) is 30.4. The monoisotopic (exact) mass is 821 g/mol. The van der Waals surface area contributed by atoms with Crippen LogP contribution in [0.15, 0.2) is 72.9 Å². The molecule has 4 N–H and O–H groups in total. The Morgan fingerprint density at radius 2 is 1.36 bits per heavy atom. The molecule has 14 heteroatoms. The third-order valence-electron chi connectivity index (χ3n) is 8.03. The van der Waals surface area contributed by atoms with Crippen LogP contribution >= 0.6 is 21.6 Å². The average molecular weight is 822 g/mol. The smallest absolute Gasteiger partial charge is 0.338 e. The highest BCUT2D eigenvalue weighted by atomic mass is 33.1. The van der Waals surface area contributed by atoms with Gasteiger partial charge in [0, 0.05) is 47.5 Å². The largest absolute Gasteiger partial charge is 0.481 e. The van der Waals surface area contributed by atoms with Crippen molar-refractivity contribution >= 4 is 57.3 Å². The predicted molar refractivity (Wildman–Crippen MR) is 224 cm³/mol. The van der Waals surface area contributed by atoms with Gasteiger partial charge in [-0.05, 0) is 71.1 Å². The molecule has 0 aromatic heterocycles. The van der Waals surface area contributed by atoms with Crippen molar-refractivity contribution in [3.05, 3.63) is 72.9 Å². The molecule has 2 atom stereocenters. The molecule has 0 bridgehead atoms. The Kier molecular flexibility index (Phi) is 30.0. The zero-order chi connectivity index (χ0) is 42.1. The molecule has 56 heavy (non-hydrogen) atoms. The molecular formula is C42H63NO11S2. The van der Waals surface area contributed by atoms with E-state index in [0.29, 0.717) is 36.2 Å². The van der Waals surface area contributed by atoms with Crippen molar-refractivity contribution in [2.45, 2.75) is 128 Å². The van der Waals surface area contributed by atoms with Crippen molar-refractivity contribution in [1.29, 1.82) is 0 Å². The summed E-state index contributed by atoms with van der Waals surface area (Å²) >= 11 is 0. The summed E-state index contributed by atoms with van der Waals surface area (Å²) in [5.41, 5.74) is -0.964. The molecule has 1 fully saturated rings. The number of ether oxygens (including phenoxy) is 2. The van der Waals surface area contributed by atoms with Gasteiger partial charge in [0.2, 0.25) is 5.91 Å². The van der Waals surface area contributed by atoms with Crippen LogP contribution in [0.5, 0.6) is 0 Å². The molecule has 1 heterocycles. The first-order chi connectivity index (χ1) is 26.6. The lowest BCUT2D eigenvalue weighted by Crippen LogP contribution is -2.46. The fourth-order valence-corrected chi connectivity index (χ4v) is 7.95. The third-order valence-corrected chi connectivity index (χ3v) is 11.4. The second-order valence-electron chi connectivity index (χ2n) is 13.9. The number of allylic oxidation sites excluding steroid dienone is 10. The maximum Gasteiger partial charge on any atom is 0.338 e. The van der Waals surface area contributed by atoms with E-state index in [1.54, 1.807) is 13.8 Å². The van der Waals surface area contributed by atoms with Crippen molar-refractivity contribution in [3.8, 4) is 0 Å². The van der Waals surface area contributed by atoms with E-state index >= 15 is 0 Å². The van der Waals surface area contributed by atoms with E-state index in [1.165, 1.54) is 12.2 Å². The summed E-state index contributed by atoms with van der Waals surface area (Å²) in [6, 6.07) is 0. The van der Waals surface area contributed by atoms with E-state index in [1.807, 2.05) is 33.7 Å². The Bertz CT molecular complexity index is 1380. The number of rotatable bonds is 27. The Hall–Kier alpha value is -3.88. The number of aliphatic hydroxyl groups excluding tert-OH is 1. The molecule has 12 nitrogen and oxygen atoms in total. The van der Waals surface area contributed by atoms with Crippen LogP contribution in [-0.4, -0.2) is 80.8 Å². The number of amides is 1. The maximum atomic E-state index is 11.9. The number of nitrogens with one attached hydrogen (secondary N) is 1. The minimum absolute atomic E-state index is 0.0587. The summed E-state index contributed by atoms with van der Waals surface area (Å²) in [7, 11) is 3.84. The van der Waals surface area contributed by atoms with E-state index < -0.39 is 41.3 Å². The molecule has 1 saturated heterocycles. The summed E-state index contributed by atoms with van der Waals surface area (Å²) in [4.78, 5) is 67.0. The van der Waals surface area contributed by atoms with E-state index in [-0.39, 0.29) is 32.0 Å². The lowest BCUT2D eigenvalue weighted by Gasteiger charge is -2.29. The van der Waals surface area contributed by atoms with Gasteiger partial charge < -0.3 is 30.1 Å². The number of carbonyl (C=O) groups is 6. The summed E-state index contributed by atoms with van der Waals surface area (Å²) in [6.07, 6.45) is 31.4. The van der Waals surface area contributed by atoms with Crippen LogP contribution in [0, 0.1) is 5.41 Å². The predicted octanol–water partition coefficient (Wildman–Crippen LogP) is 8.23. The van der Waals surface area contributed by atoms with Crippen LogP contribution in [0.4, 0.5) is 0 Å². The fourth-order valence-electron chi connectivity index (χ4n) is 4.65. The topological polar surface area (TPSA) is 194 Å². The molecule has 314 valence electrons. The second-order valence-corrected chi connectivity index (χ2v) is 16.9. The summed E-state index contributed by atoms with van der Waals surface area (Å²) in [5, 5.41) is 29.4. The van der Waals surface area contributed by atoms with Crippen LogP contribution in [-0.2, 0) is 38.2 Å². The highest BCUT2D eigenvalue weighted by Gasteiger charge is 2.35. The van der Waals surface area contributed by atoms with Gasteiger partial charge in [0.1, 0.15) is 6.10 Å². The van der Waals surface area contributed by atoms with Crippen LogP contribution < -0.4 is 5.32 Å². The van der Waals surface area contributed by atoms with Crippen LogP contribution in [0.1, 0.15) is 118 Å². The van der Waals surface area contributed by atoms with Gasteiger partial charge in [-0.25, -0.2) is 9.59 Å². The van der Waals surface area contributed by atoms with Crippen LogP contribution in [0.3, 0.4) is 0 Å². The van der Waals surface area contributed by atoms with Gasteiger partial charge in [0.25, 0.3) is 0 Å². The lowest BCUT2D eigenvalue weighted by molar-refractivity contribution is -0.156. The van der Waals surface area contributed by atoms with Crippen molar-refractivity contribution in [1.82, 2.24) is 5.32 Å². The van der Waals surface area contributed by atoms with Gasteiger partial charge >= 0.3 is 29.8 Å².